The van der Waals surface area contributed by atoms with Crippen LogP contribution in [0, 0.1) is 11.8 Å². The number of ether oxygens (including phenoxy) is 1. The van der Waals surface area contributed by atoms with Gasteiger partial charge in [-0.1, -0.05) is 13.8 Å². The maximum Gasteiger partial charge on any atom is 0.246 e. The molecule has 0 aromatic carbocycles. The molecule has 0 bridgehead atoms. The highest BCUT2D eigenvalue weighted by Crippen LogP contribution is 2.11. The minimum atomic E-state index is 0.000124. The van der Waals surface area contributed by atoms with Crippen molar-refractivity contribution in [3.8, 4) is 0 Å². The van der Waals surface area contributed by atoms with Crippen LogP contribution in [0.2, 0.25) is 0 Å². The van der Waals surface area contributed by atoms with Crippen LogP contribution in [0.4, 0.5) is 0 Å². The Morgan fingerprint density at radius 2 is 2.00 bits per heavy atom. The highest BCUT2D eigenvalue weighted by atomic mass is 16.5. The van der Waals surface area contributed by atoms with Crippen molar-refractivity contribution in [2.24, 2.45) is 11.8 Å². The molecule has 1 saturated heterocycles. The van der Waals surface area contributed by atoms with Gasteiger partial charge < -0.3 is 15.4 Å². The molecule has 1 atom stereocenters. The minimum Gasteiger partial charge on any atom is -0.371 e. The molecule has 0 radical (unpaired) electrons. The van der Waals surface area contributed by atoms with Gasteiger partial charge in [0.05, 0.1) is 6.61 Å². The smallest absolute Gasteiger partial charge is 0.246 e. The summed E-state index contributed by atoms with van der Waals surface area (Å²) in [7, 11) is 0. The van der Waals surface area contributed by atoms with Crippen LogP contribution in [0.1, 0.15) is 33.6 Å². The number of hydrogen-bond donors (Lipinski definition) is 2. The summed E-state index contributed by atoms with van der Waals surface area (Å²) >= 11 is 0. The number of carbonyl (C=O) groups is 1. The lowest BCUT2D eigenvalue weighted by molar-refractivity contribution is -0.127. The summed E-state index contributed by atoms with van der Waals surface area (Å²) in [6.07, 6.45) is 2.31. The molecule has 0 aromatic heterocycles. The van der Waals surface area contributed by atoms with Gasteiger partial charge in [0.1, 0.15) is 6.61 Å². The van der Waals surface area contributed by atoms with E-state index in [9.17, 15) is 4.79 Å². The van der Waals surface area contributed by atoms with Gasteiger partial charge in [-0.3, -0.25) is 4.79 Å². The van der Waals surface area contributed by atoms with Crippen molar-refractivity contribution < 1.29 is 9.53 Å². The molecule has 0 aromatic rings. The van der Waals surface area contributed by atoms with E-state index in [2.05, 4.69) is 24.5 Å². The average Bonchev–Trinajstić information content (AvgIpc) is 2.30. The zero-order valence-electron chi connectivity index (χ0n) is 11.3. The predicted molar refractivity (Wildman–Crippen MR) is 68.9 cm³/mol. The van der Waals surface area contributed by atoms with E-state index in [4.69, 9.17) is 4.74 Å². The molecule has 0 aliphatic carbocycles. The van der Waals surface area contributed by atoms with Crippen LogP contribution in [-0.4, -0.2) is 38.3 Å². The number of rotatable bonds is 6. The zero-order chi connectivity index (χ0) is 12.7. The van der Waals surface area contributed by atoms with E-state index >= 15 is 0 Å². The number of nitrogens with one attached hydrogen (secondary N) is 2. The first-order chi connectivity index (χ1) is 8.09. The van der Waals surface area contributed by atoms with E-state index in [1.165, 1.54) is 0 Å². The number of amides is 1. The standard InChI is InChI=1S/C13H26N2O2/c1-10(2)11(3)15-13(16)9-17-8-12-4-6-14-7-5-12/h10-12,14H,4-9H2,1-3H3,(H,15,16). The summed E-state index contributed by atoms with van der Waals surface area (Å²) in [5, 5.41) is 6.26. The summed E-state index contributed by atoms with van der Waals surface area (Å²) in [4.78, 5) is 11.6. The van der Waals surface area contributed by atoms with Crippen molar-refractivity contribution in [2.75, 3.05) is 26.3 Å². The van der Waals surface area contributed by atoms with Gasteiger partial charge in [-0.15, -0.1) is 0 Å². The highest BCUT2D eigenvalue weighted by molar-refractivity contribution is 5.77. The van der Waals surface area contributed by atoms with Crippen LogP contribution in [0.3, 0.4) is 0 Å². The van der Waals surface area contributed by atoms with Crippen LogP contribution in [-0.2, 0) is 9.53 Å². The second-order valence-electron chi connectivity index (χ2n) is 5.31. The van der Waals surface area contributed by atoms with E-state index in [1.807, 2.05) is 6.92 Å². The largest absolute Gasteiger partial charge is 0.371 e. The van der Waals surface area contributed by atoms with E-state index in [0.29, 0.717) is 18.4 Å². The lowest BCUT2D eigenvalue weighted by atomic mass is 9.99. The van der Waals surface area contributed by atoms with Crippen molar-refractivity contribution in [3.63, 3.8) is 0 Å². The second-order valence-corrected chi connectivity index (χ2v) is 5.31. The Morgan fingerprint density at radius 3 is 2.59 bits per heavy atom. The molecule has 1 amide bonds. The summed E-state index contributed by atoms with van der Waals surface area (Å²) < 4.78 is 5.48. The first-order valence-electron chi connectivity index (χ1n) is 6.67. The third kappa shape index (κ3) is 6.03. The first-order valence-corrected chi connectivity index (χ1v) is 6.67. The molecule has 0 saturated carbocycles. The van der Waals surface area contributed by atoms with Gasteiger partial charge in [-0.2, -0.15) is 0 Å². The zero-order valence-corrected chi connectivity index (χ0v) is 11.3. The van der Waals surface area contributed by atoms with E-state index < -0.39 is 0 Å². The van der Waals surface area contributed by atoms with Gasteiger partial charge in [0.2, 0.25) is 5.91 Å². The fourth-order valence-electron chi connectivity index (χ4n) is 1.83. The Kier molecular flexibility index (Phi) is 6.52. The van der Waals surface area contributed by atoms with E-state index in [0.717, 1.165) is 25.9 Å². The third-order valence-electron chi connectivity index (χ3n) is 3.43. The van der Waals surface area contributed by atoms with Crippen molar-refractivity contribution in [2.45, 2.75) is 39.7 Å². The van der Waals surface area contributed by atoms with Crippen LogP contribution >= 0.6 is 0 Å². The molecule has 1 heterocycles. The van der Waals surface area contributed by atoms with Crippen LogP contribution in [0.25, 0.3) is 0 Å². The normalized spacial score (nSPS) is 19.3. The van der Waals surface area contributed by atoms with Crippen LogP contribution in [0.5, 0.6) is 0 Å². The molecule has 4 heteroatoms. The van der Waals surface area contributed by atoms with Crippen molar-refractivity contribution in [1.29, 1.82) is 0 Å². The van der Waals surface area contributed by atoms with E-state index in [1.54, 1.807) is 0 Å². The summed E-state index contributed by atoms with van der Waals surface area (Å²) in [5.41, 5.74) is 0. The Morgan fingerprint density at radius 1 is 1.35 bits per heavy atom. The number of piperidine rings is 1. The molecule has 1 fully saturated rings. The molecule has 0 spiro atoms. The fraction of sp³-hybridized carbons (Fsp3) is 0.923. The molecule has 17 heavy (non-hydrogen) atoms. The van der Waals surface area contributed by atoms with Crippen LogP contribution < -0.4 is 10.6 Å². The molecule has 1 unspecified atom stereocenters. The molecular weight excluding hydrogens is 216 g/mol. The maximum atomic E-state index is 11.6. The third-order valence-corrected chi connectivity index (χ3v) is 3.43. The lowest BCUT2D eigenvalue weighted by Crippen LogP contribution is -2.39. The maximum absolute atomic E-state index is 11.6. The fourth-order valence-corrected chi connectivity index (χ4v) is 1.83. The minimum absolute atomic E-state index is 0.000124. The quantitative estimate of drug-likeness (QED) is 0.735. The Balaban J connectivity index is 2.07. The molecule has 1 rings (SSSR count). The molecular formula is C13H26N2O2. The van der Waals surface area contributed by atoms with Crippen LogP contribution in [0.15, 0.2) is 0 Å². The SMILES string of the molecule is CC(C)C(C)NC(=O)COCC1CCNCC1. The number of carbonyl (C=O) groups excluding carboxylic acids is 1. The highest BCUT2D eigenvalue weighted by Gasteiger charge is 2.14. The molecule has 100 valence electrons. The van der Waals surface area contributed by atoms with Gasteiger partial charge in [0.25, 0.3) is 0 Å². The topological polar surface area (TPSA) is 50.4 Å². The van der Waals surface area contributed by atoms with Gasteiger partial charge >= 0.3 is 0 Å². The van der Waals surface area contributed by atoms with E-state index in [-0.39, 0.29) is 18.6 Å². The summed E-state index contributed by atoms with van der Waals surface area (Å²) in [6, 6.07) is 0.213. The van der Waals surface area contributed by atoms with Gasteiger partial charge in [-0.05, 0) is 44.7 Å². The Hall–Kier alpha value is -0.610. The molecule has 1 aliphatic heterocycles. The number of hydrogen-bond acceptors (Lipinski definition) is 3. The second kappa shape index (κ2) is 7.67. The Bertz CT molecular complexity index is 225. The monoisotopic (exact) mass is 242 g/mol. The van der Waals surface area contributed by atoms with Gasteiger partial charge in [0.15, 0.2) is 0 Å². The molecule has 1 aliphatic rings. The van der Waals surface area contributed by atoms with Gasteiger partial charge in [-0.25, -0.2) is 0 Å². The van der Waals surface area contributed by atoms with Crippen molar-refractivity contribution >= 4 is 5.91 Å². The van der Waals surface area contributed by atoms with Crippen molar-refractivity contribution in [1.82, 2.24) is 10.6 Å². The lowest BCUT2D eigenvalue weighted by Gasteiger charge is -2.22. The summed E-state index contributed by atoms with van der Waals surface area (Å²) in [5.74, 6) is 1.08. The molecule has 2 N–H and O–H groups in total. The Labute approximate surface area is 104 Å². The van der Waals surface area contributed by atoms with Gasteiger partial charge in [0, 0.05) is 6.04 Å². The average molecular weight is 242 g/mol. The molecule has 4 nitrogen and oxygen atoms in total. The first kappa shape index (κ1) is 14.5. The van der Waals surface area contributed by atoms with Crippen molar-refractivity contribution in [3.05, 3.63) is 0 Å². The summed E-state index contributed by atoms with van der Waals surface area (Å²) in [6.45, 7) is 9.28. The predicted octanol–water partition coefficient (Wildman–Crippen LogP) is 1.16.